The van der Waals surface area contributed by atoms with E-state index in [1.807, 2.05) is 0 Å². The van der Waals surface area contributed by atoms with Gasteiger partial charge in [0.1, 0.15) is 0 Å². The van der Waals surface area contributed by atoms with Crippen LogP contribution in [-0.2, 0) is 4.79 Å². The van der Waals surface area contributed by atoms with Crippen LogP contribution in [0.25, 0.3) is 0 Å². The molecule has 0 unspecified atom stereocenters. The second kappa shape index (κ2) is 6.06. The summed E-state index contributed by atoms with van der Waals surface area (Å²) in [6.45, 7) is 1.62. The molecule has 1 aliphatic rings. The summed E-state index contributed by atoms with van der Waals surface area (Å²) in [5.41, 5.74) is 6.66. The van der Waals surface area contributed by atoms with Crippen molar-refractivity contribution in [1.82, 2.24) is 10.2 Å². The van der Waals surface area contributed by atoms with Crippen LogP contribution < -0.4 is 11.1 Å². The number of hydrogen-bond acceptors (Lipinski definition) is 3. The van der Waals surface area contributed by atoms with Crippen molar-refractivity contribution < 1.29 is 9.59 Å². The summed E-state index contributed by atoms with van der Waals surface area (Å²) >= 11 is 3.27. The maximum atomic E-state index is 11.9. The first-order chi connectivity index (χ1) is 9.08. The fraction of sp³-hybridized carbons (Fsp3) is 0.385. The molecule has 1 fully saturated rings. The van der Waals surface area contributed by atoms with Gasteiger partial charge in [-0.3, -0.25) is 9.59 Å². The Morgan fingerprint density at radius 2 is 2.00 bits per heavy atom. The number of halogens is 1. The molecule has 0 bridgehead atoms. The van der Waals surface area contributed by atoms with Crippen molar-refractivity contribution in [3.05, 3.63) is 28.2 Å². The Kier molecular flexibility index (Phi) is 4.42. The minimum Gasteiger partial charge on any atom is -0.398 e. The van der Waals surface area contributed by atoms with Gasteiger partial charge in [-0.05, 0) is 47.0 Å². The quantitative estimate of drug-likeness (QED) is 0.824. The Labute approximate surface area is 120 Å². The molecule has 0 radical (unpaired) electrons. The third-order valence-corrected chi connectivity index (χ3v) is 3.84. The first kappa shape index (κ1) is 13.9. The van der Waals surface area contributed by atoms with Gasteiger partial charge < -0.3 is 16.0 Å². The van der Waals surface area contributed by atoms with Crippen LogP contribution in [0.3, 0.4) is 0 Å². The van der Waals surface area contributed by atoms with Gasteiger partial charge in [-0.25, -0.2) is 0 Å². The average molecular weight is 326 g/mol. The maximum Gasteiger partial charge on any atom is 0.251 e. The number of benzene rings is 1. The summed E-state index contributed by atoms with van der Waals surface area (Å²) in [4.78, 5) is 25.4. The molecule has 1 aromatic rings. The summed E-state index contributed by atoms with van der Waals surface area (Å²) in [5.74, 6) is -0.317. The average Bonchev–Trinajstić information content (AvgIpc) is 2.92. The lowest BCUT2D eigenvalue weighted by Crippen LogP contribution is -2.38. The van der Waals surface area contributed by atoms with E-state index in [-0.39, 0.29) is 18.4 Å². The Bertz CT molecular complexity index is 499. The van der Waals surface area contributed by atoms with Gasteiger partial charge in [-0.15, -0.1) is 0 Å². The van der Waals surface area contributed by atoms with E-state index in [2.05, 4.69) is 21.2 Å². The van der Waals surface area contributed by atoms with E-state index < -0.39 is 0 Å². The molecule has 1 saturated heterocycles. The maximum absolute atomic E-state index is 11.9. The number of amides is 2. The zero-order valence-electron chi connectivity index (χ0n) is 10.5. The number of rotatable bonds is 3. The van der Waals surface area contributed by atoms with E-state index in [9.17, 15) is 9.59 Å². The van der Waals surface area contributed by atoms with E-state index in [0.29, 0.717) is 11.3 Å². The molecule has 0 spiro atoms. The first-order valence-electron chi connectivity index (χ1n) is 6.19. The molecule has 3 N–H and O–H groups in total. The Hall–Kier alpha value is -1.56. The van der Waals surface area contributed by atoms with Crippen molar-refractivity contribution >= 4 is 33.4 Å². The summed E-state index contributed by atoms with van der Waals surface area (Å²) in [5, 5.41) is 2.62. The molecule has 0 aliphatic carbocycles. The Morgan fingerprint density at radius 1 is 1.32 bits per heavy atom. The predicted molar refractivity (Wildman–Crippen MR) is 76.7 cm³/mol. The van der Waals surface area contributed by atoms with Gasteiger partial charge >= 0.3 is 0 Å². The third kappa shape index (κ3) is 3.47. The van der Waals surface area contributed by atoms with Gasteiger partial charge in [-0.2, -0.15) is 0 Å². The molecule has 0 atom stereocenters. The van der Waals surface area contributed by atoms with Crippen LogP contribution in [0.5, 0.6) is 0 Å². The summed E-state index contributed by atoms with van der Waals surface area (Å²) in [7, 11) is 0. The highest BCUT2D eigenvalue weighted by molar-refractivity contribution is 9.10. The van der Waals surface area contributed by atoms with E-state index in [1.165, 1.54) is 0 Å². The van der Waals surface area contributed by atoms with Crippen molar-refractivity contribution in [3.8, 4) is 0 Å². The number of likely N-dealkylation sites (tertiary alicyclic amines) is 1. The zero-order valence-corrected chi connectivity index (χ0v) is 12.1. The van der Waals surface area contributed by atoms with Gasteiger partial charge in [0.15, 0.2) is 0 Å². The Balaban J connectivity index is 1.90. The molecule has 1 heterocycles. The zero-order chi connectivity index (χ0) is 13.8. The Morgan fingerprint density at radius 3 is 2.63 bits per heavy atom. The highest BCUT2D eigenvalue weighted by Gasteiger charge is 2.18. The molecule has 5 nitrogen and oxygen atoms in total. The van der Waals surface area contributed by atoms with Gasteiger partial charge in [0.25, 0.3) is 5.91 Å². The fourth-order valence-electron chi connectivity index (χ4n) is 2.02. The number of nitrogens with two attached hydrogens (primary N) is 1. The predicted octanol–water partition coefficient (Wildman–Crippen LogP) is 1.38. The van der Waals surface area contributed by atoms with Gasteiger partial charge in [0.2, 0.25) is 5.91 Å². The van der Waals surface area contributed by atoms with Gasteiger partial charge in [0, 0.05) is 28.8 Å². The van der Waals surface area contributed by atoms with Crippen LogP contribution >= 0.6 is 15.9 Å². The molecular formula is C13H16BrN3O2. The van der Waals surface area contributed by atoms with Crippen molar-refractivity contribution in [1.29, 1.82) is 0 Å². The molecule has 1 aromatic carbocycles. The highest BCUT2D eigenvalue weighted by atomic mass is 79.9. The third-order valence-electron chi connectivity index (χ3n) is 3.12. The normalized spacial score (nSPS) is 14.5. The van der Waals surface area contributed by atoms with Crippen molar-refractivity contribution in [2.75, 3.05) is 25.4 Å². The number of hydrogen-bond donors (Lipinski definition) is 2. The molecule has 6 heteroatoms. The molecule has 19 heavy (non-hydrogen) atoms. The molecule has 1 aliphatic heterocycles. The van der Waals surface area contributed by atoms with Crippen LogP contribution in [0.15, 0.2) is 22.7 Å². The smallest absolute Gasteiger partial charge is 0.251 e. The lowest BCUT2D eigenvalue weighted by Gasteiger charge is -2.15. The molecule has 2 rings (SSSR count). The van der Waals surface area contributed by atoms with E-state index in [1.54, 1.807) is 23.1 Å². The minimum atomic E-state index is -0.285. The van der Waals surface area contributed by atoms with Crippen LogP contribution in [0.2, 0.25) is 0 Å². The summed E-state index contributed by atoms with van der Waals surface area (Å²) in [6.07, 6.45) is 2.09. The van der Waals surface area contributed by atoms with E-state index >= 15 is 0 Å². The number of nitrogens with zero attached hydrogens (tertiary/aromatic N) is 1. The van der Waals surface area contributed by atoms with Crippen LogP contribution in [0, 0.1) is 0 Å². The van der Waals surface area contributed by atoms with Crippen LogP contribution in [-0.4, -0.2) is 36.3 Å². The SMILES string of the molecule is Nc1cc(C(=O)NCC(=O)N2CCCC2)ccc1Br. The van der Waals surface area contributed by atoms with E-state index in [4.69, 9.17) is 5.73 Å². The standard InChI is InChI=1S/C13H16BrN3O2/c14-10-4-3-9(7-11(10)15)13(19)16-8-12(18)17-5-1-2-6-17/h3-4,7H,1-2,5-6,8,15H2,(H,16,19). The largest absolute Gasteiger partial charge is 0.398 e. The molecule has 0 aromatic heterocycles. The second-order valence-corrected chi connectivity index (χ2v) is 5.36. The molecule has 2 amide bonds. The minimum absolute atomic E-state index is 0.0315. The molecular weight excluding hydrogens is 310 g/mol. The van der Waals surface area contributed by atoms with Crippen molar-refractivity contribution in [3.63, 3.8) is 0 Å². The highest BCUT2D eigenvalue weighted by Crippen LogP contribution is 2.20. The van der Waals surface area contributed by atoms with Crippen LogP contribution in [0.4, 0.5) is 5.69 Å². The number of nitrogen functional groups attached to an aromatic ring is 1. The number of carbonyl (C=O) groups excluding carboxylic acids is 2. The topological polar surface area (TPSA) is 75.4 Å². The van der Waals surface area contributed by atoms with Crippen molar-refractivity contribution in [2.24, 2.45) is 0 Å². The molecule has 0 saturated carbocycles. The first-order valence-corrected chi connectivity index (χ1v) is 6.98. The van der Waals surface area contributed by atoms with Crippen molar-refractivity contribution in [2.45, 2.75) is 12.8 Å². The summed E-state index contributed by atoms with van der Waals surface area (Å²) in [6, 6.07) is 4.96. The second-order valence-electron chi connectivity index (χ2n) is 4.51. The van der Waals surface area contributed by atoms with Gasteiger partial charge in [0.05, 0.1) is 6.54 Å². The van der Waals surface area contributed by atoms with Gasteiger partial charge in [-0.1, -0.05) is 0 Å². The lowest BCUT2D eigenvalue weighted by atomic mass is 10.2. The summed E-state index contributed by atoms with van der Waals surface area (Å²) < 4.78 is 0.747. The molecule has 102 valence electrons. The fourth-order valence-corrected chi connectivity index (χ4v) is 2.27. The number of nitrogens with one attached hydrogen (secondary N) is 1. The van der Waals surface area contributed by atoms with E-state index in [0.717, 1.165) is 30.4 Å². The lowest BCUT2D eigenvalue weighted by molar-refractivity contribution is -0.129. The number of carbonyl (C=O) groups is 2. The monoisotopic (exact) mass is 325 g/mol. The number of anilines is 1. The van der Waals surface area contributed by atoms with Crippen LogP contribution in [0.1, 0.15) is 23.2 Å².